The van der Waals surface area contributed by atoms with Crippen LogP contribution in [0.1, 0.15) is 46.1 Å². The van der Waals surface area contributed by atoms with Crippen LogP contribution in [0.4, 0.5) is 0 Å². The van der Waals surface area contributed by atoms with Crippen LogP contribution in [0, 0.1) is 0 Å². The van der Waals surface area contributed by atoms with Gasteiger partial charge in [0.25, 0.3) is 0 Å². The molecule has 0 amide bonds. The zero-order valence-corrected chi connectivity index (χ0v) is 17.9. The number of aromatic nitrogens is 2. The van der Waals surface area contributed by atoms with Gasteiger partial charge in [0, 0.05) is 10.9 Å². The lowest BCUT2D eigenvalue weighted by molar-refractivity contribution is -0.145. The van der Waals surface area contributed by atoms with Crippen molar-refractivity contribution < 1.29 is 9.53 Å². The first kappa shape index (κ1) is 19.8. The third kappa shape index (κ3) is 4.17. The first-order valence-corrected chi connectivity index (χ1v) is 10.7. The zero-order chi connectivity index (χ0) is 19.6. The molecule has 0 fully saturated rings. The maximum Gasteiger partial charge on any atom is 0.322 e. The van der Waals surface area contributed by atoms with E-state index in [4.69, 9.17) is 4.74 Å². The Balaban J connectivity index is 2.03. The molecular weight excluding hydrogens is 376 g/mol. The summed E-state index contributed by atoms with van der Waals surface area (Å²) in [6.07, 6.45) is 1.56. The number of esters is 1. The molecule has 0 saturated heterocycles. The summed E-state index contributed by atoms with van der Waals surface area (Å²) in [6, 6.07) is 8.63. The van der Waals surface area contributed by atoms with Crippen LogP contribution in [-0.4, -0.2) is 27.3 Å². The predicted octanol–water partition coefficient (Wildman–Crippen LogP) is 5.92. The van der Waals surface area contributed by atoms with E-state index in [0.29, 0.717) is 12.5 Å². The van der Waals surface area contributed by atoms with Crippen LogP contribution >= 0.6 is 23.1 Å². The van der Waals surface area contributed by atoms with Crippen LogP contribution < -0.4 is 0 Å². The van der Waals surface area contributed by atoms with E-state index in [1.165, 1.54) is 17.3 Å². The first-order valence-electron chi connectivity index (χ1n) is 9.02. The van der Waals surface area contributed by atoms with E-state index in [1.54, 1.807) is 17.7 Å². The number of carbonyl (C=O) groups is 1. The summed E-state index contributed by atoms with van der Waals surface area (Å²) in [4.78, 5) is 22.2. The largest absolute Gasteiger partial charge is 0.465 e. The summed E-state index contributed by atoms with van der Waals surface area (Å²) < 4.78 is 4.50. The van der Waals surface area contributed by atoms with Gasteiger partial charge in [-0.25, -0.2) is 9.97 Å². The Labute approximate surface area is 168 Å². The van der Waals surface area contributed by atoms with Crippen molar-refractivity contribution in [3.8, 4) is 11.1 Å². The van der Waals surface area contributed by atoms with Gasteiger partial charge in [0.2, 0.25) is 0 Å². The molecule has 0 bridgehead atoms. The van der Waals surface area contributed by atoms with Crippen molar-refractivity contribution >= 4 is 39.3 Å². The Hall–Kier alpha value is -1.92. The molecule has 142 valence electrons. The Morgan fingerprint density at radius 2 is 1.93 bits per heavy atom. The Bertz CT molecular complexity index is 946. The lowest BCUT2D eigenvalue weighted by Gasteiger charge is -2.21. The first-order chi connectivity index (χ1) is 12.8. The maximum absolute atomic E-state index is 12.3. The van der Waals surface area contributed by atoms with E-state index in [0.717, 1.165) is 26.4 Å². The highest BCUT2D eigenvalue weighted by molar-refractivity contribution is 8.01. The van der Waals surface area contributed by atoms with Crippen LogP contribution in [0.25, 0.3) is 21.3 Å². The standard InChI is InChI=1S/C21H24N2O2S2/c1-6-25-20(24)21(4,5)27-19-17-16(11-26-18(17)22-12-23-19)15-9-7-14(8-10-15)13(2)3/h7-13H,6H2,1-5H3. The fraction of sp³-hybridized carbons (Fsp3) is 0.381. The smallest absolute Gasteiger partial charge is 0.322 e. The van der Waals surface area contributed by atoms with Crippen LogP contribution in [0.3, 0.4) is 0 Å². The zero-order valence-electron chi connectivity index (χ0n) is 16.3. The molecule has 4 nitrogen and oxygen atoms in total. The van der Waals surface area contributed by atoms with E-state index in [2.05, 4.69) is 53.5 Å². The maximum atomic E-state index is 12.3. The molecule has 0 unspecified atom stereocenters. The summed E-state index contributed by atoms with van der Waals surface area (Å²) in [7, 11) is 0. The number of benzene rings is 1. The van der Waals surface area contributed by atoms with E-state index in [-0.39, 0.29) is 5.97 Å². The summed E-state index contributed by atoms with van der Waals surface area (Å²) in [5.41, 5.74) is 3.55. The third-order valence-electron chi connectivity index (χ3n) is 4.34. The average molecular weight is 401 g/mol. The summed E-state index contributed by atoms with van der Waals surface area (Å²) in [6.45, 7) is 10.3. The van der Waals surface area contributed by atoms with Gasteiger partial charge in [-0.05, 0) is 37.8 Å². The summed E-state index contributed by atoms with van der Waals surface area (Å²) in [5.74, 6) is 0.262. The number of nitrogens with zero attached hydrogens (tertiary/aromatic N) is 2. The van der Waals surface area contributed by atoms with Gasteiger partial charge < -0.3 is 4.74 Å². The lowest BCUT2D eigenvalue weighted by Crippen LogP contribution is -2.30. The second-order valence-electron chi connectivity index (χ2n) is 7.12. The van der Waals surface area contributed by atoms with Gasteiger partial charge >= 0.3 is 5.97 Å². The van der Waals surface area contributed by atoms with Crippen molar-refractivity contribution in [2.75, 3.05) is 6.61 Å². The van der Waals surface area contributed by atoms with E-state index in [1.807, 2.05) is 20.8 Å². The van der Waals surface area contributed by atoms with E-state index < -0.39 is 4.75 Å². The molecule has 6 heteroatoms. The van der Waals surface area contributed by atoms with Crippen molar-refractivity contribution in [1.29, 1.82) is 0 Å². The number of fused-ring (bicyclic) bond motifs is 1. The highest BCUT2D eigenvalue weighted by atomic mass is 32.2. The van der Waals surface area contributed by atoms with Crippen LogP contribution in [-0.2, 0) is 9.53 Å². The van der Waals surface area contributed by atoms with Gasteiger partial charge in [-0.1, -0.05) is 49.9 Å². The average Bonchev–Trinajstić information content (AvgIpc) is 3.07. The van der Waals surface area contributed by atoms with Crippen molar-refractivity contribution in [2.45, 2.75) is 50.3 Å². The van der Waals surface area contributed by atoms with Crippen LogP contribution in [0.5, 0.6) is 0 Å². The number of thioether (sulfide) groups is 1. The molecule has 2 heterocycles. The molecule has 0 spiro atoms. The number of hydrogen-bond donors (Lipinski definition) is 0. The molecule has 1 aromatic carbocycles. The summed E-state index contributed by atoms with van der Waals surface area (Å²) in [5, 5.41) is 3.93. The minimum Gasteiger partial charge on any atom is -0.465 e. The second-order valence-corrected chi connectivity index (χ2v) is 9.59. The fourth-order valence-corrected chi connectivity index (χ4v) is 4.79. The Morgan fingerprint density at radius 1 is 1.22 bits per heavy atom. The van der Waals surface area contributed by atoms with Crippen LogP contribution in [0.15, 0.2) is 41.0 Å². The third-order valence-corrected chi connectivity index (χ3v) is 6.41. The van der Waals surface area contributed by atoms with Gasteiger partial charge in [0.05, 0.1) is 12.0 Å². The predicted molar refractivity (Wildman–Crippen MR) is 114 cm³/mol. The van der Waals surface area contributed by atoms with Gasteiger partial charge in [-0.2, -0.15) is 0 Å². The normalized spacial score (nSPS) is 11.9. The molecule has 3 rings (SSSR count). The van der Waals surface area contributed by atoms with Crippen molar-refractivity contribution in [2.24, 2.45) is 0 Å². The molecule has 0 saturated carbocycles. The number of rotatable bonds is 6. The minimum absolute atomic E-state index is 0.236. The van der Waals surface area contributed by atoms with Gasteiger partial charge in [-0.3, -0.25) is 4.79 Å². The van der Waals surface area contributed by atoms with E-state index in [9.17, 15) is 4.79 Å². The van der Waals surface area contributed by atoms with Crippen molar-refractivity contribution in [3.63, 3.8) is 0 Å². The van der Waals surface area contributed by atoms with Gasteiger partial charge in [0.1, 0.15) is 20.9 Å². The molecule has 0 aliphatic rings. The fourth-order valence-electron chi connectivity index (χ4n) is 2.77. The quantitative estimate of drug-likeness (QED) is 0.292. The monoisotopic (exact) mass is 400 g/mol. The van der Waals surface area contributed by atoms with Crippen LogP contribution in [0.2, 0.25) is 0 Å². The molecule has 0 N–H and O–H groups in total. The molecule has 0 radical (unpaired) electrons. The topological polar surface area (TPSA) is 52.1 Å². The van der Waals surface area contributed by atoms with E-state index >= 15 is 0 Å². The number of hydrogen-bond acceptors (Lipinski definition) is 6. The molecule has 27 heavy (non-hydrogen) atoms. The highest BCUT2D eigenvalue weighted by Gasteiger charge is 2.32. The molecule has 0 aliphatic carbocycles. The highest BCUT2D eigenvalue weighted by Crippen LogP contribution is 2.42. The number of thiophene rings is 1. The summed E-state index contributed by atoms with van der Waals surface area (Å²) >= 11 is 3.02. The lowest BCUT2D eigenvalue weighted by atomic mass is 9.99. The SMILES string of the molecule is CCOC(=O)C(C)(C)Sc1ncnc2scc(-c3ccc(C(C)C)cc3)c12. The van der Waals surface area contributed by atoms with Crippen molar-refractivity contribution in [1.82, 2.24) is 9.97 Å². The van der Waals surface area contributed by atoms with Crippen molar-refractivity contribution in [3.05, 3.63) is 41.5 Å². The molecule has 0 atom stereocenters. The van der Waals surface area contributed by atoms with Gasteiger partial charge in [0.15, 0.2) is 0 Å². The molecule has 0 aliphatic heterocycles. The number of ether oxygens (including phenoxy) is 1. The minimum atomic E-state index is -0.724. The molecular formula is C21H24N2O2S2. The molecule has 3 aromatic rings. The number of carbonyl (C=O) groups excluding carboxylic acids is 1. The Morgan fingerprint density at radius 3 is 2.56 bits per heavy atom. The Kier molecular flexibility index (Phi) is 5.86. The molecule has 2 aromatic heterocycles. The van der Waals surface area contributed by atoms with Gasteiger partial charge in [-0.15, -0.1) is 11.3 Å². The second kappa shape index (κ2) is 7.98.